The summed E-state index contributed by atoms with van der Waals surface area (Å²) in [6.45, 7) is 0.886. The Morgan fingerprint density at radius 2 is 2.03 bits per heavy atom. The van der Waals surface area contributed by atoms with Crippen LogP contribution in [0.1, 0.15) is 42.6 Å². The van der Waals surface area contributed by atoms with Crippen LogP contribution in [-0.4, -0.2) is 31.3 Å². The molecule has 1 N–H and O–H groups in total. The summed E-state index contributed by atoms with van der Waals surface area (Å²) in [6.07, 6.45) is 6.69. The predicted octanol–water partition coefficient (Wildman–Crippen LogP) is 2.18. The molecule has 8 heteroatoms. The maximum Gasteiger partial charge on any atom is 0.346 e. The SMILES string of the molecule is O=C(NC1CCc2nn(Cc3cccnc3)c(=O)n2CC1)C1(c2ccccc2F)CC1. The van der Waals surface area contributed by atoms with Crippen molar-refractivity contribution in [2.75, 3.05) is 0 Å². The summed E-state index contributed by atoms with van der Waals surface area (Å²) < 4.78 is 17.4. The van der Waals surface area contributed by atoms with Gasteiger partial charge in [-0.2, -0.15) is 5.10 Å². The number of hydrogen-bond acceptors (Lipinski definition) is 4. The normalized spacial score (nSPS) is 19.3. The standard InChI is InChI=1S/C23H24FN5O2/c24-19-6-2-1-5-18(19)23(10-11-23)21(30)26-17-7-8-20-27-29(22(31)28(20)13-9-17)15-16-4-3-12-25-14-16/h1-6,12,14,17H,7-11,13,15H2,(H,26,30). The number of halogens is 1. The lowest BCUT2D eigenvalue weighted by Crippen LogP contribution is -2.42. The third kappa shape index (κ3) is 3.66. The molecule has 1 aliphatic heterocycles. The average molecular weight is 421 g/mol. The lowest BCUT2D eigenvalue weighted by atomic mass is 9.93. The number of nitrogens with one attached hydrogen (secondary N) is 1. The molecule has 0 bridgehead atoms. The second-order valence-corrected chi connectivity index (χ2v) is 8.43. The number of aromatic nitrogens is 4. The zero-order valence-corrected chi connectivity index (χ0v) is 17.1. The van der Waals surface area contributed by atoms with E-state index in [-0.39, 0.29) is 23.5 Å². The van der Waals surface area contributed by atoms with Gasteiger partial charge < -0.3 is 5.32 Å². The van der Waals surface area contributed by atoms with E-state index < -0.39 is 5.41 Å². The van der Waals surface area contributed by atoms with Crippen LogP contribution in [0.15, 0.2) is 53.6 Å². The molecule has 160 valence electrons. The van der Waals surface area contributed by atoms with E-state index in [0.717, 1.165) is 11.4 Å². The molecular weight excluding hydrogens is 397 g/mol. The third-order valence-electron chi connectivity index (χ3n) is 6.38. The summed E-state index contributed by atoms with van der Waals surface area (Å²) >= 11 is 0. The van der Waals surface area contributed by atoms with Crippen LogP contribution >= 0.6 is 0 Å². The number of fused-ring (bicyclic) bond motifs is 1. The fourth-order valence-corrected chi connectivity index (χ4v) is 4.46. The van der Waals surface area contributed by atoms with Crippen LogP contribution in [0.4, 0.5) is 4.39 Å². The Morgan fingerprint density at radius 1 is 1.19 bits per heavy atom. The lowest BCUT2D eigenvalue weighted by molar-refractivity contribution is -0.124. The van der Waals surface area contributed by atoms with Gasteiger partial charge in [0.2, 0.25) is 5.91 Å². The number of nitrogens with zero attached hydrogens (tertiary/aromatic N) is 4. The summed E-state index contributed by atoms with van der Waals surface area (Å²) in [4.78, 5) is 29.9. The number of carbonyl (C=O) groups is 1. The maximum atomic E-state index is 14.3. The van der Waals surface area contributed by atoms with Gasteiger partial charge in [0, 0.05) is 37.0 Å². The van der Waals surface area contributed by atoms with Gasteiger partial charge in [0.1, 0.15) is 11.6 Å². The quantitative estimate of drug-likeness (QED) is 0.685. The van der Waals surface area contributed by atoms with Gasteiger partial charge in [-0.3, -0.25) is 14.3 Å². The molecule has 1 unspecified atom stereocenters. The Kier molecular flexibility index (Phi) is 4.92. The molecule has 3 heterocycles. The van der Waals surface area contributed by atoms with E-state index in [1.807, 2.05) is 12.1 Å². The van der Waals surface area contributed by atoms with Crippen LogP contribution in [0, 0.1) is 5.82 Å². The summed E-state index contributed by atoms with van der Waals surface area (Å²) in [5, 5.41) is 7.64. The van der Waals surface area contributed by atoms with Gasteiger partial charge in [-0.25, -0.2) is 13.9 Å². The van der Waals surface area contributed by atoms with Crippen LogP contribution in [0.5, 0.6) is 0 Å². The van der Waals surface area contributed by atoms with Gasteiger partial charge >= 0.3 is 5.69 Å². The van der Waals surface area contributed by atoms with E-state index in [1.54, 1.807) is 35.2 Å². The highest BCUT2D eigenvalue weighted by Crippen LogP contribution is 2.49. The molecule has 2 aromatic heterocycles. The zero-order chi connectivity index (χ0) is 21.4. The van der Waals surface area contributed by atoms with Crippen molar-refractivity contribution in [2.45, 2.75) is 56.7 Å². The van der Waals surface area contributed by atoms with Gasteiger partial charge in [-0.1, -0.05) is 24.3 Å². The number of hydrogen-bond donors (Lipinski definition) is 1. The fraction of sp³-hybridized carbons (Fsp3) is 0.391. The van der Waals surface area contributed by atoms with Crippen molar-refractivity contribution in [3.05, 3.63) is 82.0 Å². The highest BCUT2D eigenvalue weighted by atomic mass is 19.1. The Labute approximate surface area is 178 Å². The van der Waals surface area contributed by atoms with Gasteiger partial charge in [0.05, 0.1) is 12.0 Å². The number of rotatable bonds is 5. The summed E-state index contributed by atoms with van der Waals surface area (Å²) in [7, 11) is 0. The lowest BCUT2D eigenvalue weighted by Gasteiger charge is -2.22. The highest BCUT2D eigenvalue weighted by molar-refractivity contribution is 5.91. The van der Waals surface area contributed by atoms with E-state index >= 15 is 0 Å². The van der Waals surface area contributed by atoms with Crippen molar-refractivity contribution in [1.82, 2.24) is 24.6 Å². The van der Waals surface area contributed by atoms with Crippen molar-refractivity contribution in [3.8, 4) is 0 Å². The third-order valence-corrected chi connectivity index (χ3v) is 6.38. The minimum absolute atomic E-state index is 0.0652. The molecule has 2 aliphatic rings. The Hall–Kier alpha value is -3.29. The van der Waals surface area contributed by atoms with Gasteiger partial charge in [0.15, 0.2) is 0 Å². The first-order valence-corrected chi connectivity index (χ1v) is 10.7. The van der Waals surface area contributed by atoms with Gasteiger partial charge in [-0.15, -0.1) is 0 Å². The first kappa shape index (κ1) is 19.7. The van der Waals surface area contributed by atoms with Crippen molar-refractivity contribution < 1.29 is 9.18 Å². The average Bonchev–Trinajstić information content (AvgIpc) is 3.56. The van der Waals surface area contributed by atoms with Crippen LogP contribution in [0.3, 0.4) is 0 Å². The largest absolute Gasteiger partial charge is 0.353 e. The first-order chi connectivity index (χ1) is 15.1. The number of amides is 1. The maximum absolute atomic E-state index is 14.3. The minimum atomic E-state index is -0.748. The molecule has 0 saturated heterocycles. The van der Waals surface area contributed by atoms with Crippen molar-refractivity contribution in [3.63, 3.8) is 0 Å². The molecule has 1 atom stereocenters. The smallest absolute Gasteiger partial charge is 0.346 e. The molecule has 1 aromatic carbocycles. The van der Waals surface area contributed by atoms with E-state index in [2.05, 4.69) is 15.4 Å². The van der Waals surface area contributed by atoms with Crippen LogP contribution in [0.2, 0.25) is 0 Å². The van der Waals surface area contributed by atoms with Crippen LogP contribution in [0.25, 0.3) is 0 Å². The summed E-state index contributed by atoms with van der Waals surface area (Å²) in [5.74, 6) is 0.294. The molecule has 0 radical (unpaired) electrons. The van der Waals surface area contributed by atoms with Gasteiger partial charge in [-0.05, 0) is 43.4 Å². The first-order valence-electron chi connectivity index (χ1n) is 10.7. The van der Waals surface area contributed by atoms with E-state index in [0.29, 0.717) is 50.8 Å². The van der Waals surface area contributed by atoms with Crippen LogP contribution in [-0.2, 0) is 29.7 Å². The Bertz CT molecular complexity index is 1170. The summed E-state index contributed by atoms with van der Waals surface area (Å²) in [6, 6.07) is 10.2. The predicted molar refractivity (Wildman–Crippen MR) is 112 cm³/mol. The molecule has 31 heavy (non-hydrogen) atoms. The highest BCUT2D eigenvalue weighted by Gasteiger charge is 2.53. The second-order valence-electron chi connectivity index (χ2n) is 8.43. The number of pyridine rings is 1. The fourth-order valence-electron chi connectivity index (χ4n) is 4.46. The molecule has 1 amide bonds. The second kappa shape index (κ2) is 7.76. The molecule has 1 saturated carbocycles. The number of carbonyl (C=O) groups excluding carboxylic acids is 1. The zero-order valence-electron chi connectivity index (χ0n) is 17.1. The molecule has 3 aromatic rings. The molecule has 1 aliphatic carbocycles. The monoisotopic (exact) mass is 421 g/mol. The number of benzene rings is 1. The van der Waals surface area contributed by atoms with E-state index in [9.17, 15) is 14.0 Å². The van der Waals surface area contributed by atoms with Crippen LogP contribution < -0.4 is 11.0 Å². The molecule has 0 spiro atoms. The van der Waals surface area contributed by atoms with Crippen molar-refractivity contribution >= 4 is 5.91 Å². The van der Waals surface area contributed by atoms with E-state index in [4.69, 9.17) is 0 Å². The van der Waals surface area contributed by atoms with Crippen molar-refractivity contribution in [1.29, 1.82) is 0 Å². The number of aryl methyl sites for hydroxylation is 1. The molecule has 5 rings (SSSR count). The summed E-state index contributed by atoms with van der Waals surface area (Å²) in [5.41, 5.74) is 0.510. The molecule has 7 nitrogen and oxygen atoms in total. The van der Waals surface area contributed by atoms with Crippen molar-refractivity contribution in [2.24, 2.45) is 0 Å². The van der Waals surface area contributed by atoms with E-state index in [1.165, 1.54) is 10.7 Å². The molecular formula is C23H24FN5O2. The Morgan fingerprint density at radius 3 is 2.77 bits per heavy atom. The topological polar surface area (TPSA) is 81.8 Å². The minimum Gasteiger partial charge on any atom is -0.353 e. The Balaban J connectivity index is 1.27. The van der Waals surface area contributed by atoms with Gasteiger partial charge in [0.25, 0.3) is 0 Å². The molecule has 1 fully saturated rings.